The summed E-state index contributed by atoms with van der Waals surface area (Å²) in [6, 6.07) is 6.53. The zero-order chi connectivity index (χ0) is 10.1. The van der Waals surface area contributed by atoms with Gasteiger partial charge in [0.1, 0.15) is 0 Å². The Balaban J connectivity index is 2.05. The third kappa shape index (κ3) is 1.54. The van der Waals surface area contributed by atoms with Crippen molar-refractivity contribution in [2.75, 3.05) is 0 Å². The van der Waals surface area contributed by atoms with Crippen LogP contribution in [-0.2, 0) is 0 Å². The first-order valence-electron chi connectivity index (χ1n) is 5.86. The topological polar surface area (TPSA) is 17.3 Å². The normalized spacial score (nSPS) is 18.4. The van der Waals surface area contributed by atoms with Gasteiger partial charge < -0.3 is 4.40 Å². The van der Waals surface area contributed by atoms with Crippen molar-refractivity contribution in [1.82, 2.24) is 9.38 Å². The molecule has 15 heavy (non-hydrogen) atoms. The molecule has 2 nitrogen and oxygen atoms in total. The first-order chi connectivity index (χ1) is 7.45. The Morgan fingerprint density at radius 2 is 2.00 bits per heavy atom. The zero-order valence-corrected chi connectivity index (χ0v) is 8.89. The summed E-state index contributed by atoms with van der Waals surface area (Å²) in [4.78, 5) is 4.22. The Bertz CT molecular complexity index is 452. The van der Waals surface area contributed by atoms with E-state index in [4.69, 9.17) is 0 Å². The van der Waals surface area contributed by atoms with Gasteiger partial charge in [0, 0.05) is 5.69 Å². The number of nitrogens with zero attached hydrogens (tertiary/aromatic N) is 2. The summed E-state index contributed by atoms with van der Waals surface area (Å²) < 4.78 is 2.25. The van der Waals surface area contributed by atoms with Gasteiger partial charge in [0.25, 0.3) is 0 Å². The van der Waals surface area contributed by atoms with Crippen LogP contribution in [0.2, 0.25) is 0 Å². The molecule has 0 unspecified atom stereocenters. The number of rotatable bonds is 1. The highest BCUT2D eigenvalue weighted by molar-refractivity contribution is 5.46. The number of hydrogen-bond donors (Lipinski definition) is 0. The molecule has 2 heteroatoms. The van der Waals surface area contributed by atoms with E-state index >= 15 is 0 Å². The lowest BCUT2D eigenvalue weighted by atomic mass is 9.86. The highest BCUT2D eigenvalue weighted by Crippen LogP contribution is 2.32. The van der Waals surface area contributed by atoms with Crippen LogP contribution >= 0.6 is 0 Å². The molecule has 0 atom stereocenters. The van der Waals surface area contributed by atoms with Crippen LogP contribution in [0.3, 0.4) is 0 Å². The molecular weight excluding hydrogens is 184 g/mol. The Morgan fingerprint density at radius 3 is 2.87 bits per heavy atom. The first kappa shape index (κ1) is 8.96. The van der Waals surface area contributed by atoms with Gasteiger partial charge in [0.05, 0.1) is 18.0 Å². The lowest BCUT2D eigenvalue weighted by Gasteiger charge is -2.22. The Hall–Kier alpha value is -1.31. The van der Waals surface area contributed by atoms with Crippen LogP contribution in [0.25, 0.3) is 5.52 Å². The van der Waals surface area contributed by atoms with Gasteiger partial charge in [0.2, 0.25) is 0 Å². The van der Waals surface area contributed by atoms with E-state index in [0.717, 1.165) is 5.92 Å². The summed E-state index contributed by atoms with van der Waals surface area (Å²) >= 11 is 0. The molecule has 0 radical (unpaired) electrons. The van der Waals surface area contributed by atoms with Gasteiger partial charge in [-0.05, 0) is 30.9 Å². The Kier molecular flexibility index (Phi) is 2.20. The molecule has 1 aliphatic rings. The van der Waals surface area contributed by atoms with Gasteiger partial charge in [-0.2, -0.15) is 0 Å². The number of hydrogen-bond acceptors (Lipinski definition) is 1. The molecule has 0 N–H and O–H groups in total. The van der Waals surface area contributed by atoms with E-state index in [2.05, 4.69) is 27.6 Å². The minimum atomic E-state index is 0.747. The second-order valence-electron chi connectivity index (χ2n) is 4.47. The lowest BCUT2D eigenvalue weighted by Crippen LogP contribution is -2.08. The molecule has 0 bridgehead atoms. The average Bonchev–Trinajstić information content (AvgIpc) is 2.78. The van der Waals surface area contributed by atoms with E-state index in [0.29, 0.717) is 0 Å². The molecule has 0 aliphatic heterocycles. The van der Waals surface area contributed by atoms with Crippen molar-refractivity contribution in [3.8, 4) is 0 Å². The Morgan fingerprint density at radius 1 is 1.13 bits per heavy atom. The predicted octanol–water partition coefficient (Wildman–Crippen LogP) is 3.38. The standard InChI is InChI=1S/C13H16N2/c1-2-5-11(6-3-1)13-8-4-7-12-9-14-10-15(12)13/h4,7-11H,1-3,5-6H2. The summed E-state index contributed by atoms with van der Waals surface area (Å²) in [7, 11) is 0. The van der Waals surface area contributed by atoms with E-state index in [1.807, 2.05) is 12.5 Å². The van der Waals surface area contributed by atoms with Crippen LogP contribution in [-0.4, -0.2) is 9.38 Å². The minimum absolute atomic E-state index is 0.747. The van der Waals surface area contributed by atoms with E-state index in [-0.39, 0.29) is 0 Å². The fourth-order valence-corrected chi connectivity index (χ4v) is 2.70. The van der Waals surface area contributed by atoms with Crippen LogP contribution in [0.5, 0.6) is 0 Å². The molecule has 1 aliphatic carbocycles. The molecule has 2 heterocycles. The van der Waals surface area contributed by atoms with Crippen LogP contribution in [0.15, 0.2) is 30.7 Å². The molecule has 0 spiro atoms. The fraction of sp³-hybridized carbons (Fsp3) is 0.462. The third-order valence-electron chi connectivity index (χ3n) is 3.50. The van der Waals surface area contributed by atoms with Crippen molar-refractivity contribution < 1.29 is 0 Å². The van der Waals surface area contributed by atoms with E-state index < -0.39 is 0 Å². The molecular formula is C13H16N2. The second-order valence-corrected chi connectivity index (χ2v) is 4.47. The SMILES string of the molecule is c1cc(C2CCCCC2)n2cncc2c1. The van der Waals surface area contributed by atoms with Crippen molar-refractivity contribution in [3.63, 3.8) is 0 Å². The van der Waals surface area contributed by atoms with Gasteiger partial charge in [-0.1, -0.05) is 25.3 Å². The Labute approximate surface area is 90.0 Å². The molecule has 3 rings (SSSR count). The fourth-order valence-electron chi connectivity index (χ4n) is 2.70. The smallest absolute Gasteiger partial charge is 0.0994 e. The minimum Gasteiger partial charge on any atom is -0.303 e. The van der Waals surface area contributed by atoms with Crippen molar-refractivity contribution in [3.05, 3.63) is 36.4 Å². The van der Waals surface area contributed by atoms with Gasteiger partial charge in [-0.15, -0.1) is 0 Å². The molecule has 0 saturated heterocycles. The number of imidazole rings is 1. The average molecular weight is 200 g/mol. The monoisotopic (exact) mass is 200 g/mol. The van der Waals surface area contributed by atoms with Crippen LogP contribution < -0.4 is 0 Å². The van der Waals surface area contributed by atoms with Gasteiger partial charge >= 0.3 is 0 Å². The van der Waals surface area contributed by atoms with E-state index in [1.54, 1.807) is 0 Å². The maximum absolute atomic E-state index is 4.22. The predicted molar refractivity (Wildman–Crippen MR) is 61.0 cm³/mol. The van der Waals surface area contributed by atoms with Crippen molar-refractivity contribution in [2.45, 2.75) is 38.0 Å². The van der Waals surface area contributed by atoms with Crippen molar-refractivity contribution in [1.29, 1.82) is 0 Å². The molecule has 78 valence electrons. The van der Waals surface area contributed by atoms with Crippen LogP contribution in [0, 0.1) is 0 Å². The summed E-state index contributed by atoms with van der Waals surface area (Å²) in [6.45, 7) is 0. The third-order valence-corrected chi connectivity index (χ3v) is 3.50. The first-order valence-corrected chi connectivity index (χ1v) is 5.86. The summed E-state index contributed by atoms with van der Waals surface area (Å²) in [5, 5.41) is 0. The molecule has 1 fully saturated rings. The number of pyridine rings is 1. The number of aromatic nitrogens is 2. The van der Waals surface area contributed by atoms with Gasteiger partial charge in [-0.25, -0.2) is 4.98 Å². The molecule has 2 aromatic rings. The van der Waals surface area contributed by atoms with Gasteiger partial charge in [-0.3, -0.25) is 0 Å². The van der Waals surface area contributed by atoms with Crippen molar-refractivity contribution in [2.24, 2.45) is 0 Å². The number of fused-ring (bicyclic) bond motifs is 1. The molecule has 2 aromatic heterocycles. The largest absolute Gasteiger partial charge is 0.303 e. The van der Waals surface area contributed by atoms with E-state index in [9.17, 15) is 0 Å². The van der Waals surface area contributed by atoms with Crippen LogP contribution in [0.4, 0.5) is 0 Å². The van der Waals surface area contributed by atoms with E-state index in [1.165, 1.54) is 43.3 Å². The van der Waals surface area contributed by atoms with Crippen LogP contribution in [0.1, 0.15) is 43.7 Å². The van der Waals surface area contributed by atoms with Crippen molar-refractivity contribution >= 4 is 5.52 Å². The molecule has 0 aromatic carbocycles. The summed E-state index contributed by atoms with van der Waals surface area (Å²) in [5.41, 5.74) is 2.67. The molecule has 1 saturated carbocycles. The molecule has 0 amide bonds. The quantitative estimate of drug-likeness (QED) is 0.689. The zero-order valence-electron chi connectivity index (χ0n) is 8.89. The highest BCUT2D eigenvalue weighted by atomic mass is 15.0. The lowest BCUT2D eigenvalue weighted by molar-refractivity contribution is 0.434. The maximum Gasteiger partial charge on any atom is 0.0994 e. The highest BCUT2D eigenvalue weighted by Gasteiger charge is 2.17. The summed E-state index contributed by atoms with van der Waals surface area (Å²) in [6.07, 6.45) is 10.8. The maximum atomic E-state index is 4.22. The van der Waals surface area contributed by atoms with Gasteiger partial charge in [0.15, 0.2) is 0 Å². The second kappa shape index (κ2) is 3.69. The summed E-state index contributed by atoms with van der Waals surface area (Å²) in [5.74, 6) is 0.747.